The van der Waals surface area contributed by atoms with Crippen LogP contribution in [0.3, 0.4) is 0 Å². The minimum atomic E-state index is -1.23. The van der Waals surface area contributed by atoms with E-state index in [9.17, 15) is 24.3 Å². The minimum absolute atomic E-state index is 0. The monoisotopic (exact) mass is 1250 g/mol. The Morgan fingerprint density at radius 2 is 1.10 bits per heavy atom. The summed E-state index contributed by atoms with van der Waals surface area (Å²) in [4.78, 5) is 87.0. The Hall–Kier alpha value is -7.70. The zero-order valence-electron chi connectivity index (χ0n) is 51.0. The van der Waals surface area contributed by atoms with Crippen LogP contribution in [0.15, 0.2) is 121 Å². The van der Waals surface area contributed by atoms with Gasteiger partial charge in [-0.3, -0.25) is 23.2 Å². The van der Waals surface area contributed by atoms with E-state index >= 15 is 0 Å². The van der Waals surface area contributed by atoms with Crippen LogP contribution in [0.1, 0.15) is 63.1 Å². The van der Waals surface area contributed by atoms with Crippen LogP contribution in [0.2, 0.25) is 10.3 Å². The summed E-state index contributed by atoms with van der Waals surface area (Å²) in [6.45, 7) is 14.5. The number of Topliss-reactive ketones (excluding diaryl/α,β-unsaturated/α-hetero) is 1. The number of fused-ring (bicyclic) bond motifs is 11. The number of carbonyl (C=O) groups excluding carboxylic acids is 4. The van der Waals surface area contributed by atoms with E-state index in [1.807, 2.05) is 99.8 Å². The molecule has 89 heavy (non-hydrogen) atoms. The molecule has 3 aromatic carbocycles. The van der Waals surface area contributed by atoms with Crippen LogP contribution < -0.4 is 49.8 Å². The summed E-state index contributed by atoms with van der Waals surface area (Å²) in [5.41, 5.74) is 8.91. The summed E-state index contributed by atoms with van der Waals surface area (Å²) in [6, 6.07) is 37.9. The molecule has 8 aromatic heterocycles. The average Bonchev–Trinajstić information content (AvgIpc) is 1.76. The Morgan fingerprint density at radius 1 is 0.573 bits per heavy atom. The number of aromatic amines is 1. The zero-order valence-corrected chi connectivity index (χ0v) is 54.5. The molecule has 0 saturated carbocycles. The first-order valence-corrected chi connectivity index (χ1v) is 30.1. The van der Waals surface area contributed by atoms with E-state index in [4.69, 9.17) is 38.2 Å². The Bertz CT molecular complexity index is 4080. The number of likely N-dealkylation sites (N-methyl/N-ethyl adjacent to an activating group) is 3. The van der Waals surface area contributed by atoms with E-state index < -0.39 is 5.97 Å². The maximum atomic E-state index is 12.3. The molecule has 21 nitrogen and oxygen atoms in total. The number of ether oxygens (including phenoxy) is 1. The normalized spacial score (nSPS) is 15.1. The summed E-state index contributed by atoms with van der Waals surface area (Å²) in [5.74, 6) is 1.02. The maximum absolute atomic E-state index is 12.3. The van der Waals surface area contributed by atoms with Gasteiger partial charge < -0.3 is 49.4 Å². The molecule has 0 bridgehead atoms. The van der Waals surface area contributed by atoms with Crippen LogP contribution in [-0.2, 0) is 16.0 Å². The number of pyridine rings is 5. The second-order valence-electron chi connectivity index (χ2n) is 21.9. The van der Waals surface area contributed by atoms with E-state index in [-0.39, 0.29) is 63.6 Å². The van der Waals surface area contributed by atoms with Crippen molar-refractivity contribution in [1.82, 2.24) is 63.7 Å². The number of rotatable bonds is 7. The zero-order chi connectivity index (χ0) is 61.8. The number of aromatic carboxylic acids is 1. The topological polar surface area (TPSA) is 231 Å². The van der Waals surface area contributed by atoms with Gasteiger partial charge in [-0.15, -0.1) is 0 Å². The first-order chi connectivity index (χ1) is 42.7. The van der Waals surface area contributed by atoms with Gasteiger partial charge in [0.1, 0.15) is 51.1 Å². The van der Waals surface area contributed by atoms with Crippen molar-refractivity contribution in [2.45, 2.75) is 32.6 Å². The molecule has 0 aliphatic carbocycles. The van der Waals surface area contributed by atoms with Crippen molar-refractivity contribution < 1.29 is 58.6 Å². The number of halogens is 2. The maximum Gasteiger partial charge on any atom is 1.00 e. The molecule has 3 saturated heterocycles. The number of aldehydes is 1. The van der Waals surface area contributed by atoms with Crippen molar-refractivity contribution >= 4 is 125 Å². The van der Waals surface area contributed by atoms with Crippen LogP contribution >= 0.6 is 23.2 Å². The largest absolute Gasteiger partial charge is 1.00 e. The number of imidazole rings is 3. The number of carboxylic acids is 1. The molecule has 24 heteroatoms. The number of nitrogens with zero attached hydrogens (tertiary/aromatic N) is 13. The summed E-state index contributed by atoms with van der Waals surface area (Å²) >= 11 is 11.0. The molecule has 3 aliphatic rings. The third kappa shape index (κ3) is 16.0. The molecule has 11 aromatic rings. The summed E-state index contributed by atoms with van der Waals surface area (Å²) < 4.78 is 8.42. The molecule has 0 spiro atoms. The Labute approximate surface area is 547 Å². The van der Waals surface area contributed by atoms with Crippen LogP contribution in [-0.4, -0.2) is 189 Å². The smallest absolute Gasteiger partial charge is 0.545 e. The molecule has 14 rings (SSSR count). The average molecular weight is 1250 g/mol. The van der Waals surface area contributed by atoms with Gasteiger partial charge in [0, 0.05) is 68.7 Å². The Morgan fingerprint density at radius 3 is 1.64 bits per heavy atom. The van der Waals surface area contributed by atoms with Gasteiger partial charge in [0.2, 0.25) is 0 Å². The van der Waals surface area contributed by atoms with Crippen molar-refractivity contribution in [3.63, 3.8) is 0 Å². The molecule has 456 valence electrons. The first-order valence-electron chi connectivity index (χ1n) is 29.3. The van der Waals surface area contributed by atoms with Gasteiger partial charge in [-0.25, -0.2) is 29.9 Å². The fraction of sp³-hybridized carbons (Fsp3) is 0.323. The van der Waals surface area contributed by atoms with E-state index in [2.05, 4.69) is 87.8 Å². The van der Waals surface area contributed by atoms with Crippen molar-refractivity contribution in [3.05, 3.63) is 154 Å². The molecule has 0 radical (unpaired) electrons. The van der Waals surface area contributed by atoms with Crippen LogP contribution in [0.25, 0.3) is 66.5 Å². The number of benzene rings is 3. The van der Waals surface area contributed by atoms with Gasteiger partial charge in [-0.1, -0.05) is 59.6 Å². The summed E-state index contributed by atoms with van der Waals surface area (Å²) in [6.07, 6.45) is 4.33. The predicted molar refractivity (Wildman–Crippen MR) is 345 cm³/mol. The first kappa shape index (κ1) is 65.7. The number of ketones is 1. The van der Waals surface area contributed by atoms with Gasteiger partial charge in [0.25, 0.3) is 0 Å². The van der Waals surface area contributed by atoms with Gasteiger partial charge in [-0.2, -0.15) is 0 Å². The van der Waals surface area contributed by atoms with Crippen molar-refractivity contribution in [1.29, 1.82) is 0 Å². The molecular formula is C65H70Cl2N15NaO6. The molecular weight excluding hydrogens is 1180 g/mol. The number of nitrogens with one attached hydrogen (secondary N) is 2. The van der Waals surface area contributed by atoms with E-state index in [1.54, 1.807) is 13.0 Å². The Kier molecular flexibility index (Phi) is 22.7. The molecule has 0 atom stereocenters. The third-order valence-corrected chi connectivity index (χ3v) is 16.1. The summed E-state index contributed by atoms with van der Waals surface area (Å²) in [5, 5.41) is 17.2. The van der Waals surface area contributed by atoms with E-state index in [0.29, 0.717) is 40.2 Å². The standard InChI is InChI=1S/C22H23N5O.C21H21N5O2.C10H10N2O2.C6H3Cl2NO.C6H14N2.Na/c1-15(28)17-14-16-8-9-20(26-11-5-10-25(2)12-13-26)24-21(16)27-19-7-4-3-6-18(19)23-22(17)27;1-24-9-4-10-25(12-11-24)18-8-7-14-13-15(21(27)28)20-22-16-5-2-3-6-17(16)26(20)19(14)23-18;1-14-10(13)6-9-11-7-4-2-3-5-8(7)12-9;7-5-2-1-4(3-10)6(8)9-5;1-8-5-2-3-7-4-6-8;/h3-4,6-9,14H,5,10-13H2,1-2H3;2-3,5-8,13H,4,9-12H2,1H3,(H,27,28);2-5H,6H2,1H3,(H,11,12);1-3H;7H,2-6H2,1H3;/q;;;;;+1/p-1. The molecule has 2 N–H and O–H groups in total. The number of para-hydroxylation sites is 6. The van der Waals surface area contributed by atoms with Gasteiger partial charge in [-0.05, 0) is 158 Å². The number of carbonyl (C=O) groups is 4. The molecule has 0 amide bonds. The van der Waals surface area contributed by atoms with E-state index in [1.165, 1.54) is 45.3 Å². The third-order valence-electron chi connectivity index (χ3n) is 15.6. The predicted octanol–water partition coefficient (Wildman–Crippen LogP) is 5.32. The molecule has 3 fully saturated rings. The number of aromatic nitrogens is 9. The van der Waals surface area contributed by atoms with Crippen molar-refractivity contribution in [2.24, 2.45) is 0 Å². The number of hydrogen-bond acceptors (Lipinski definition) is 18. The summed E-state index contributed by atoms with van der Waals surface area (Å²) in [7, 11) is 7.85. The fourth-order valence-corrected chi connectivity index (χ4v) is 11.3. The minimum Gasteiger partial charge on any atom is -0.545 e. The van der Waals surface area contributed by atoms with E-state index in [0.717, 1.165) is 133 Å². The SMILES string of the molecule is CC(=O)c1cc2ccc(N3CCCN(C)CC3)nc2n2c1nc1ccccc12.CN1CCCN(c2ccc3cc(C(=O)[O-])c4nc5ccccc5n4c3n2)CC1.CN1CCCNCC1.COC(=O)Cc1nc2ccccc2[nH]1.O=Cc1ccc(Cl)nc1Cl.[Na+]. The van der Waals surface area contributed by atoms with Gasteiger partial charge >= 0.3 is 35.5 Å². The number of anilines is 2. The molecule has 0 unspecified atom stereocenters. The second-order valence-corrected chi connectivity index (χ2v) is 22.7. The second kappa shape index (κ2) is 30.7. The van der Waals surface area contributed by atoms with Crippen molar-refractivity contribution in [3.8, 4) is 0 Å². The number of hydrogen-bond donors (Lipinski definition) is 2. The number of esters is 1. The number of H-pyrrole nitrogens is 1. The Balaban J connectivity index is 0.000000143. The van der Waals surface area contributed by atoms with Crippen LogP contribution in [0.4, 0.5) is 11.6 Å². The molecule has 11 heterocycles. The van der Waals surface area contributed by atoms with Gasteiger partial charge in [0.15, 0.2) is 17.7 Å². The van der Waals surface area contributed by atoms with Crippen LogP contribution in [0, 0.1) is 0 Å². The number of carboxylic acid groups (broad SMARTS) is 1. The molecule has 3 aliphatic heterocycles. The fourth-order valence-electron chi connectivity index (χ4n) is 10.9. The van der Waals surface area contributed by atoms with Crippen molar-refractivity contribution in [2.75, 3.05) is 117 Å². The quantitative estimate of drug-likeness (QED) is 0.0677. The van der Waals surface area contributed by atoms with Crippen LogP contribution in [0.5, 0.6) is 0 Å². The van der Waals surface area contributed by atoms with Gasteiger partial charge in [0.05, 0.1) is 57.3 Å². The number of methoxy groups -OCH3 is 1.